The van der Waals surface area contributed by atoms with E-state index >= 15 is 0 Å². The summed E-state index contributed by atoms with van der Waals surface area (Å²) in [5, 5.41) is 14.1. The summed E-state index contributed by atoms with van der Waals surface area (Å²) >= 11 is 1.69. The number of hydrogen-bond acceptors (Lipinski definition) is 5. The largest absolute Gasteiger partial charge is 0.454 e. The van der Waals surface area contributed by atoms with Crippen LogP contribution < -0.4 is 14.8 Å². The Labute approximate surface area is 150 Å². The predicted molar refractivity (Wildman–Crippen MR) is 98.0 cm³/mol. The molecule has 0 unspecified atom stereocenters. The summed E-state index contributed by atoms with van der Waals surface area (Å²) in [6, 6.07) is 9.65. The zero-order chi connectivity index (χ0) is 17.5. The van der Waals surface area contributed by atoms with Gasteiger partial charge in [0.25, 0.3) is 0 Å². The van der Waals surface area contributed by atoms with Gasteiger partial charge in [0.05, 0.1) is 0 Å². The van der Waals surface area contributed by atoms with Crippen molar-refractivity contribution in [3.63, 3.8) is 0 Å². The van der Waals surface area contributed by atoms with Crippen molar-refractivity contribution in [2.24, 2.45) is 0 Å². The van der Waals surface area contributed by atoms with Crippen molar-refractivity contribution in [1.82, 2.24) is 5.32 Å². The number of rotatable bonds is 8. The predicted octanol–water partition coefficient (Wildman–Crippen LogP) is 3.16. The number of carbonyl (C=O) groups is 1. The highest BCUT2D eigenvalue weighted by Gasteiger charge is 2.13. The Bertz CT molecular complexity index is 727. The monoisotopic (exact) mass is 359 g/mol. The molecule has 0 bridgehead atoms. The van der Waals surface area contributed by atoms with Crippen LogP contribution in [0, 0.1) is 0 Å². The molecule has 132 valence electrons. The van der Waals surface area contributed by atoms with Gasteiger partial charge in [-0.15, -0.1) is 11.3 Å². The molecule has 2 aromatic rings. The van der Waals surface area contributed by atoms with E-state index in [-0.39, 0.29) is 25.2 Å². The molecule has 0 radical (unpaired) electrons. The van der Waals surface area contributed by atoms with Crippen LogP contribution in [0.2, 0.25) is 0 Å². The number of thiophene rings is 1. The summed E-state index contributed by atoms with van der Waals surface area (Å²) in [5.74, 6) is 1.57. The van der Waals surface area contributed by atoms with E-state index in [0.717, 1.165) is 17.7 Å². The quantitative estimate of drug-likeness (QED) is 0.711. The van der Waals surface area contributed by atoms with Crippen LogP contribution in [0.25, 0.3) is 6.08 Å². The lowest BCUT2D eigenvalue weighted by atomic mass is 10.00. The number of ether oxygens (including phenoxy) is 2. The Morgan fingerprint density at radius 3 is 2.96 bits per heavy atom. The first kappa shape index (κ1) is 17.5. The Kier molecular flexibility index (Phi) is 6.09. The van der Waals surface area contributed by atoms with Crippen molar-refractivity contribution < 1.29 is 19.4 Å². The minimum absolute atomic E-state index is 0.133. The Morgan fingerprint density at radius 1 is 1.28 bits per heavy atom. The molecule has 1 aliphatic rings. The Hall–Kier alpha value is -2.31. The normalized spacial score (nSPS) is 14.0. The average Bonchev–Trinajstić information content (AvgIpc) is 3.30. The van der Waals surface area contributed by atoms with E-state index in [9.17, 15) is 9.90 Å². The van der Waals surface area contributed by atoms with Crippen LogP contribution in [0.5, 0.6) is 11.5 Å². The van der Waals surface area contributed by atoms with E-state index in [1.165, 1.54) is 11.0 Å². The minimum atomic E-state index is -0.133. The van der Waals surface area contributed by atoms with Crippen molar-refractivity contribution >= 4 is 23.3 Å². The fourth-order valence-corrected chi connectivity index (χ4v) is 3.63. The number of nitrogens with one attached hydrogen (secondary N) is 1. The standard InChI is InChI=1S/C19H21NO4S/c21-10-8-15(18-2-1-11-25-18)7-9-20-19(22)6-4-14-3-5-16-17(12-14)24-13-23-16/h1-6,11-12,15,21H,7-10,13H2,(H,20,22)/b6-4+/t15-/m0/s1. The summed E-state index contributed by atoms with van der Waals surface area (Å²) in [6.45, 7) is 0.968. The molecule has 1 atom stereocenters. The second-order valence-corrected chi connectivity index (χ2v) is 6.73. The summed E-state index contributed by atoms with van der Waals surface area (Å²) in [4.78, 5) is 13.2. The molecule has 0 aliphatic carbocycles. The lowest BCUT2D eigenvalue weighted by molar-refractivity contribution is -0.116. The fourth-order valence-electron chi connectivity index (χ4n) is 2.73. The zero-order valence-corrected chi connectivity index (χ0v) is 14.6. The van der Waals surface area contributed by atoms with Crippen molar-refractivity contribution in [3.05, 3.63) is 52.2 Å². The molecule has 25 heavy (non-hydrogen) atoms. The van der Waals surface area contributed by atoms with Crippen LogP contribution in [-0.2, 0) is 4.79 Å². The SMILES string of the molecule is O=C(/C=C/c1ccc2c(c1)OCO2)NCC[C@@H](CCO)c1cccs1. The number of amides is 1. The lowest BCUT2D eigenvalue weighted by Gasteiger charge is -2.14. The molecule has 1 aromatic carbocycles. The van der Waals surface area contributed by atoms with Gasteiger partial charge in [0, 0.05) is 24.1 Å². The Morgan fingerprint density at radius 2 is 2.16 bits per heavy atom. The van der Waals surface area contributed by atoms with E-state index in [4.69, 9.17) is 9.47 Å². The van der Waals surface area contributed by atoms with Crippen molar-refractivity contribution in [3.8, 4) is 11.5 Å². The molecule has 2 heterocycles. The molecule has 6 heteroatoms. The molecule has 2 N–H and O–H groups in total. The van der Waals surface area contributed by atoms with Gasteiger partial charge in [-0.25, -0.2) is 0 Å². The first-order valence-corrected chi connectivity index (χ1v) is 9.14. The maximum atomic E-state index is 12.0. The molecule has 0 saturated heterocycles. The van der Waals surface area contributed by atoms with Gasteiger partial charge in [0.15, 0.2) is 11.5 Å². The Balaban J connectivity index is 1.47. The van der Waals surface area contributed by atoms with Gasteiger partial charge in [0.1, 0.15) is 0 Å². The molecular formula is C19H21NO4S. The van der Waals surface area contributed by atoms with Crippen LogP contribution in [0.1, 0.15) is 29.2 Å². The van der Waals surface area contributed by atoms with Gasteiger partial charge in [-0.3, -0.25) is 4.79 Å². The maximum Gasteiger partial charge on any atom is 0.243 e. The highest BCUT2D eigenvalue weighted by Crippen LogP contribution is 2.32. The molecule has 1 aromatic heterocycles. The first-order valence-electron chi connectivity index (χ1n) is 8.26. The average molecular weight is 359 g/mol. The summed E-state index contributed by atoms with van der Waals surface area (Å²) in [7, 11) is 0. The van der Waals surface area contributed by atoms with Crippen LogP contribution >= 0.6 is 11.3 Å². The highest BCUT2D eigenvalue weighted by molar-refractivity contribution is 7.10. The molecule has 1 amide bonds. The lowest BCUT2D eigenvalue weighted by Crippen LogP contribution is -2.23. The summed E-state index contributed by atoms with van der Waals surface area (Å²) in [5.41, 5.74) is 0.885. The van der Waals surface area contributed by atoms with E-state index in [0.29, 0.717) is 18.7 Å². The third-order valence-electron chi connectivity index (χ3n) is 4.04. The van der Waals surface area contributed by atoms with Gasteiger partial charge >= 0.3 is 0 Å². The summed E-state index contributed by atoms with van der Waals surface area (Å²) < 4.78 is 10.6. The number of carbonyl (C=O) groups excluding carboxylic acids is 1. The van der Waals surface area contributed by atoms with E-state index < -0.39 is 0 Å². The second-order valence-electron chi connectivity index (χ2n) is 5.75. The molecule has 5 nitrogen and oxygen atoms in total. The van der Waals surface area contributed by atoms with Gasteiger partial charge in [-0.1, -0.05) is 12.1 Å². The number of benzene rings is 1. The summed E-state index contributed by atoms with van der Waals surface area (Å²) in [6.07, 6.45) is 4.79. The van der Waals surface area contributed by atoms with E-state index in [1.807, 2.05) is 29.6 Å². The van der Waals surface area contributed by atoms with Crippen molar-refractivity contribution in [2.45, 2.75) is 18.8 Å². The van der Waals surface area contributed by atoms with Gasteiger partial charge in [0.2, 0.25) is 12.7 Å². The van der Waals surface area contributed by atoms with Gasteiger partial charge in [-0.05, 0) is 54.0 Å². The van der Waals surface area contributed by atoms with Crippen LogP contribution in [0.3, 0.4) is 0 Å². The maximum absolute atomic E-state index is 12.0. The van der Waals surface area contributed by atoms with Gasteiger partial charge < -0.3 is 19.9 Å². The molecule has 0 spiro atoms. The van der Waals surface area contributed by atoms with Gasteiger partial charge in [-0.2, -0.15) is 0 Å². The topological polar surface area (TPSA) is 67.8 Å². The van der Waals surface area contributed by atoms with Crippen LogP contribution in [0.15, 0.2) is 41.8 Å². The molecular weight excluding hydrogens is 338 g/mol. The number of aliphatic hydroxyl groups excluding tert-OH is 1. The van der Waals surface area contributed by atoms with E-state index in [2.05, 4.69) is 11.4 Å². The molecule has 3 rings (SSSR count). The number of hydrogen-bond donors (Lipinski definition) is 2. The zero-order valence-electron chi connectivity index (χ0n) is 13.8. The smallest absolute Gasteiger partial charge is 0.243 e. The molecule has 0 fully saturated rings. The highest BCUT2D eigenvalue weighted by atomic mass is 32.1. The van der Waals surface area contributed by atoms with Crippen molar-refractivity contribution in [1.29, 1.82) is 0 Å². The van der Waals surface area contributed by atoms with Crippen LogP contribution in [0.4, 0.5) is 0 Å². The fraction of sp³-hybridized carbons (Fsp3) is 0.316. The minimum Gasteiger partial charge on any atom is -0.454 e. The third-order valence-corrected chi connectivity index (χ3v) is 5.07. The first-order chi connectivity index (χ1) is 12.3. The second kappa shape index (κ2) is 8.69. The third kappa shape index (κ3) is 4.84. The van der Waals surface area contributed by atoms with E-state index in [1.54, 1.807) is 17.4 Å². The number of aliphatic hydroxyl groups is 1. The molecule has 1 aliphatic heterocycles. The van der Waals surface area contributed by atoms with Crippen LogP contribution in [-0.4, -0.2) is 31.0 Å². The van der Waals surface area contributed by atoms with Crippen molar-refractivity contribution in [2.75, 3.05) is 19.9 Å². The molecule has 0 saturated carbocycles. The number of fused-ring (bicyclic) bond motifs is 1.